The van der Waals surface area contributed by atoms with E-state index in [0.717, 1.165) is 44.7 Å². The van der Waals surface area contributed by atoms with Gasteiger partial charge in [-0.3, -0.25) is 9.69 Å². The van der Waals surface area contributed by atoms with Crippen LogP contribution in [0.15, 0.2) is 36.0 Å². The number of carbonyl (C=O) groups excluding carboxylic acids is 2. The number of ether oxygens (including phenoxy) is 4. The van der Waals surface area contributed by atoms with Crippen LogP contribution in [-0.4, -0.2) is 125 Å². The number of epoxide rings is 1. The first kappa shape index (κ1) is 39.5. The van der Waals surface area contributed by atoms with Crippen LogP contribution >= 0.6 is 0 Å². The zero-order valence-electron chi connectivity index (χ0n) is 30.5. The third kappa shape index (κ3) is 11.9. The van der Waals surface area contributed by atoms with Crippen molar-refractivity contribution < 1.29 is 43.9 Å². The summed E-state index contributed by atoms with van der Waals surface area (Å²) < 4.78 is 23.3. The van der Waals surface area contributed by atoms with Gasteiger partial charge in [0.1, 0.15) is 12.2 Å². The highest BCUT2D eigenvalue weighted by atomic mass is 16.6. The fourth-order valence-electron chi connectivity index (χ4n) is 7.31. The lowest BCUT2D eigenvalue weighted by Crippen LogP contribution is -2.53. The summed E-state index contributed by atoms with van der Waals surface area (Å²) in [6.45, 7) is 15.9. The van der Waals surface area contributed by atoms with Gasteiger partial charge in [0, 0.05) is 63.7 Å². The molecule has 0 aliphatic carbocycles. The molecule has 11 heteroatoms. The molecule has 0 aromatic rings. The van der Waals surface area contributed by atoms with Crippen molar-refractivity contribution in [1.82, 2.24) is 9.80 Å². The minimum Gasteiger partial charge on any atom is -0.457 e. The molecule has 49 heavy (non-hydrogen) atoms. The van der Waals surface area contributed by atoms with Crippen molar-refractivity contribution in [2.24, 2.45) is 17.8 Å². The summed E-state index contributed by atoms with van der Waals surface area (Å²) in [4.78, 5) is 30.5. The van der Waals surface area contributed by atoms with Crippen molar-refractivity contribution in [3.05, 3.63) is 36.0 Å². The second kappa shape index (κ2) is 18.3. The summed E-state index contributed by atoms with van der Waals surface area (Å²) >= 11 is 0. The Morgan fingerprint density at radius 3 is 2.49 bits per heavy atom. The fraction of sp³-hybridized carbons (Fsp3) is 0.789. The molecule has 4 rings (SSSR count). The molecule has 10 unspecified atom stereocenters. The number of aliphatic hydroxyl groups is 3. The molecule has 0 saturated carbocycles. The van der Waals surface area contributed by atoms with Crippen molar-refractivity contribution >= 4 is 12.1 Å². The molecule has 3 saturated heterocycles. The Morgan fingerprint density at radius 2 is 1.82 bits per heavy atom. The molecule has 1 amide bonds. The second-order valence-electron chi connectivity index (χ2n) is 15.1. The molecular weight excluding hydrogens is 628 g/mol. The third-order valence-corrected chi connectivity index (χ3v) is 10.8. The number of hydrogen-bond donors (Lipinski definition) is 3. The number of cyclic esters (lactones) is 1. The predicted octanol–water partition coefficient (Wildman–Crippen LogP) is 4.39. The number of hydrogen-bond acceptors (Lipinski definition) is 10. The van der Waals surface area contributed by atoms with E-state index in [-0.39, 0.29) is 42.5 Å². The average Bonchev–Trinajstić information content (AvgIpc) is 3.84. The van der Waals surface area contributed by atoms with E-state index in [4.69, 9.17) is 18.9 Å². The van der Waals surface area contributed by atoms with Crippen LogP contribution in [0.3, 0.4) is 0 Å². The molecule has 0 aromatic carbocycles. The number of esters is 1. The van der Waals surface area contributed by atoms with E-state index in [2.05, 4.69) is 4.90 Å². The molecule has 0 radical (unpaired) electrons. The van der Waals surface area contributed by atoms with E-state index >= 15 is 0 Å². The molecular formula is C38H62N2O9. The van der Waals surface area contributed by atoms with Gasteiger partial charge >= 0.3 is 12.1 Å². The van der Waals surface area contributed by atoms with Gasteiger partial charge in [-0.25, -0.2) is 4.79 Å². The van der Waals surface area contributed by atoms with Gasteiger partial charge in [-0.15, -0.1) is 0 Å². The Hall–Kier alpha value is -2.28. The lowest BCUT2D eigenvalue weighted by molar-refractivity contribution is -0.151. The van der Waals surface area contributed by atoms with Crippen LogP contribution in [0, 0.1) is 17.8 Å². The number of allylic oxidation sites excluding steroid dienone is 2. The molecule has 4 aliphatic rings. The fourth-order valence-corrected chi connectivity index (χ4v) is 7.31. The van der Waals surface area contributed by atoms with Gasteiger partial charge in [0.25, 0.3) is 0 Å². The highest BCUT2D eigenvalue weighted by Gasteiger charge is 2.47. The van der Waals surface area contributed by atoms with Crippen LogP contribution in [-0.2, 0) is 23.7 Å². The summed E-state index contributed by atoms with van der Waals surface area (Å²) in [7, 11) is 0. The number of rotatable bonds is 10. The van der Waals surface area contributed by atoms with Crippen molar-refractivity contribution in [3.8, 4) is 0 Å². The van der Waals surface area contributed by atoms with E-state index in [0.29, 0.717) is 44.8 Å². The highest BCUT2D eigenvalue weighted by molar-refractivity contribution is 5.70. The summed E-state index contributed by atoms with van der Waals surface area (Å²) in [6, 6.07) is 0.512. The van der Waals surface area contributed by atoms with E-state index in [9.17, 15) is 24.9 Å². The molecule has 3 N–H and O–H groups in total. The van der Waals surface area contributed by atoms with Gasteiger partial charge in [0.05, 0.1) is 36.4 Å². The Morgan fingerprint density at radius 1 is 1.12 bits per heavy atom. The Kier molecular flexibility index (Phi) is 14.7. The summed E-state index contributed by atoms with van der Waals surface area (Å²) in [5.74, 6) is -0.790. The van der Waals surface area contributed by atoms with E-state index < -0.39 is 36.0 Å². The molecule has 4 heterocycles. The van der Waals surface area contributed by atoms with Gasteiger partial charge in [-0.05, 0) is 63.5 Å². The predicted molar refractivity (Wildman–Crippen MR) is 187 cm³/mol. The molecule has 278 valence electrons. The topological polar surface area (TPSA) is 142 Å². The maximum Gasteiger partial charge on any atom is 0.410 e. The molecule has 4 aliphatic heterocycles. The smallest absolute Gasteiger partial charge is 0.410 e. The van der Waals surface area contributed by atoms with Crippen molar-refractivity contribution in [2.75, 3.05) is 39.4 Å². The summed E-state index contributed by atoms with van der Waals surface area (Å²) in [6.07, 6.45) is 10.2. The first-order chi connectivity index (χ1) is 23.3. The average molecular weight is 691 g/mol. The van der Waals surface area contributed by atoms with Gasteiger partial charge in [0.15, 0.2) is 0 Å². The zero-order chi connectivity index (χ0) is 35.7. The van der Waals surface area contributed by atoms with Crippen LogP contribution in [0.4, 0.5) is 4.79 Å². The minimum absolute atomic E-state index is 0.00444. The Balaban J connectivity index is 1.39. The van der Waals surface area contributed by atoms with Gasteiger partial charge in [0.2, 0.25) is 0 Å². The van der Waals surface area contributed by atoms with Crippen molar-refractivity contribution in [1.29, 1.82) is 0 Å². The minimum atomic E-state index is -1.13. The maximum atomic E-state index is 13.4. The van der Waals surface area contributed by atoms with E-state index in [1.165, 1.54) is 0 Å². The molecule has 10 atom stereocenters. The Labute approximate surface area is 293 Å². The van der Waals surface area contributed by atoms with Crippen LogP contribution in [0.5, 0.6) is 0 Å². The largest absolute Gasteiger partial charge is 0.457 e. The van der Waals surface area contributed by atoms with Crippen LogP contribution in [0.1, 0.15) is 86.5 Å². The molecule has 0 aromatic heterocycles. The van der Waals surface area contributed by atoms with Gasteiger partial charge in [-0.1, -0.05) is 52.0 Å². The second-order valence-corrected chi connectivity index (χ2v) is 15.1. The zero-order valence-corrected chi connectivity index (χ0v) is 30.5. The molecule has 11 nitrogen and oxygen atoms in total. The lowest BCUT2D eigenvalue weighted by Gasteiger charge is -2.40. The number of aliphatic hydroxyl groups excluding tert-OH is 2. The quantitative estimate of drug-likeness (QED) is 0.131. The number of amides is 1. The highest BCUT2D eigenvalue weighted by Crippen LogP contribution is 2.37. The molecule has 0 spiro atoms. The van der Waals surface area contributed by atoms with Gasteiger partial charge in [-0.2, -0.15) is 0 Å². The monoisotopic (exact) mass is 690 g/mol. The SMILES string of the molecule is CCC(O)C(C)C1OC1CC(C)(O)/C=C/C=C(\C)C1OC(=O)CC(O)CCC(C)C(OC(=O)N2CCN(C3CCOCC3)CC2)/C=C/C1C. The van der Waals surface area contributed by atoms with Crippen molar-refractivity contribution in [2.45, 2.75) is 135 Å². The maximum absolute atomic E-state index is 13.4. The standard InChI is InChI=1S/C38H62N2O9/c1-7-31(42)28(5)36-33(47-36)24-38(6,45)16-8-9-26(3)35-27(4)11-13-32(25(2)10-12-30(41)23-34(43)49-35)48-37(44)40-19-17-39(18-20-40)29-14-21-46-22-15-29/h8-9,11,13,16,25,27-33,35-36,41-42,45H,7,10,12,14-15,17-24H2,1-6H3/b13-11+,16-8+,26-9+. The molecule has 3 fully saturated rings. The third-order valence-electron chi connectivity index (χ3n) is 10.8. The van der Waals surface area contributed by atoms with Gasteiger partial charge < -0.3 is 39.2 Å². The number of nitrogens with zero attached hydrogens (tertiary/aromatic N) is 2. The van der Waals surface area contributed by atoms with Crippen LogP contribution in [0.25, 0.3) is 0 Å². The first-order valence-corrected chi connectivity index (χ1v) is 18.5. The molecule has 0 bridgehead atoms. The summed E-state index contributed by atoms with van der Waals surface area (Å²) in [5.41, 5.74) is -0.357. The Bertz CT molecular complexity index is 1160. The van der Waals surface area contributed by atoms with E-state index in [1.807, 2.05) is 52.8 Å². The lowest BCUT2D eigenvalue weighted by atomic mass is 9.91. The summed E-state index contributed by atoms with van der Waals surface area (Å²) in [5, 5.41) is 31.8. The van der Waals surface area contributed by atoms with Crippen LogP contribution in [0.2, 0.25) is 0 Å². The number of carbonyl (C=O) groups is 2. The number of piperazine rings is 1. The normalized spacial score (nSPS) is 34.6. The van der Waals surface area contributed by atoms with Crippen LogP contribution < -0.4 is 0 Å². The van der Waals surface area contributed by atoms with E-state index in [1.54, 1.807) is 24.0 Å². The van der Waals surface area contributed by atoms with Crippen molar-refractivity contribution in [3.63, 3.8) is 0 Å². The first-order valence-electron chi connectivity index (χ1n) is 18.5.